The quantitative estimate of drug-likeness (QED) is 0.471. The predicted octanol–water partition coefficient (Wildman–Crippen LogP) is 1.35. The molecule has 0 bridgehead atoms. The van der Waals surface area contributed by atoms with Crippen molar-refractivity contribution in [3.63, 3.8) is 0 Å². The Kier molecular flexibility index (Phi) is 8.08. The summed E-state index contributed by atoms with van der Waals surface area (Å²) < 4.78 is 5.18. The molecule has 2 aromatic rings. The molecule has 0 aliphatic rings. The normalized spacial score (nSPS) is 11.0. The molecular weight excluding hydrogens is 358 g/mol. The topological polar surface area (TPSA) is 99.0 Å². The Morgan fingerprint density at radius 2 is 1.82 bits per heavy atom. The minimum atomic E-state index is -0.159. The van der Waals surface area contributed by atoms with E-state index in [0.29, 0.717) is 36.9 Å². The molecule has 0 fully saturated rings. The van der Waals surface area contributed by atoms with Gasteiger partial charge in [-0.3, -0.25) is 9.59 Å². The van der Waals surface area contributed by atoms with Crippen LogP contribution in [0.4, 0.5) is 0 Å². The van der Waals surface area contributed by atoms with Crippen molar-refractivity contribution in [1.82, 2.24) is 20.9 Å². The van der Waals surface area contributed by atoms with Crippen molar-refractivity contribution in [1.29, 1.82) is 0 Å². The number of guanidine groups is 1. The summed E-state index contributed by atoms with van der Waals surface area (Å²) in [5.74, 6) is 1.05. The number of aliphatic imine (C=N–C) groups is 1. The summed E-state index contributed by atoms with van der Waals surface area (Å²) in [6, 6.07) is 10.9. The van der Waals surface area contributed by atoms with Crippen molar-refractivity contribution in [2.45, 2.75) is 20.0 Å². The number of rotatable bonds is 8. The summed E-state index contributed by atoms with van der Waals surface area (Å²) in [7, 11) is 3.44. The first-order chi connectivity index (χ1) is 13.5. The second-order valence-corrected chi connectivity index (χ2v) is 6.30. The maximum atomic E-state index is 11.9. The highest BCUT2D eigenvalue weighted by Gasteiger charge is 2.08. The first kappa shape index (κ1) is 21.0. The SMILES string of the molecule is CCNC(=NCc1ccc(C(=O)N(C)C)cc1)NCC(=O)NCc1ccco1. The summed E-state index contributed by atoms with van der Waals surface area (Å²) in [5.41, 5.74) is 1.60. The van der Waals surface area contributed by atoms with Crippen LogP contribution in [0.2, 0.25) is 0 Å². The second kappa shape index (κ2) is 10.8. The van der Waals surface area contributed by atoms with Gasteiger partial charge in [0.2, 0.25) is 5.91 Å². The number of carbonyl (C=O) groups excluding carboxylic acids is 2. The van der Waals surface area contributed by atoms with Gasteiger partial charge in [-0.05, 0) is 36.8 Å². The van der Waals surface area contributed by atoms with E-state index in [1.54, 1.807) is 44.6 Å². The van der Waals surface area contributed by atoms with Crippen LogP contribution in [0.3, 0.4) is 0 Å². The van der Waals surface area contributed by atoms with Gasteiger partial charge in [0, 0.05) is 26.2 Å². The van der Waals surface area contributed by atoms with Crippen molar-refractivity contribution >= 4 is 17.8 Å². The molecule has 1 aromatic heterocycles. The molecule has 8 nitrogen and oxygen atoms in total. The fourth-order valence-corrected chi connectivity index (χ4v) is 2.35. The smallest absolute Gasteiger partial charge is 0.253 e. The average molecular weight is 385 g/mol. The molecule has 0 atom stereocenters. The second-order valence-electron chi connectivity index (χ2n) is 6.30. The van der Waals surface area contributed by atoms with Gasteiger partial charge in [0.1, 0.15) is 5.76 Å². The molecule has 2 rings (SSSR count). The molecule has 0 spiro atoms. The van der Waals surface area contributed by atoms with E-state index in [1.807, 2.05) is 19.1 Å². The fraction of sp³-hybridized carbons (Fsp3) is 0.350. The minimum absolute atomic E-state index is 0.0365. The lowest BCUT2D eigenvalue weighted by Gasteiger charge is -2.12. The highest BCUT2D eigenvalue weighted by Crippen LogP contribution is 2.07. The van der Waals surface area contributed by atoms with E-state index >= 15 is 0 Å². The summed E-state index contributed by atoms with van der Waals surface area (Å²) in [5, 5.41) is 8.87. The average Bonchev–Trinajstić information content (AvgIpc) is 3.22. The fourth-order valence-electron chi connectivity index (χ4n) is 2.35. The van der Waals surface area contributed by atoms with Crippen molar-refractivity contribution in [3.05, 3.63) is 59.5 Å². The van der Waals surface area contributed by atoms with Crippen LogP contribution in [-0.2, 0) is 17.9 Å². The molecule has 0 saturated carbocycles. The Bertz CT molecular complexity index is 783. The van der Waals surface area contributed by atoms with E-state index < -0.39 is 0 Å². The lowest BCUT2D eigenvalue weighted by molar-refractivity contribution is -0.120. The number of amides is 2. The first-order valence-electron chi connectivity index (χ1n) is 9.11. The van der Waals surface area contributed by atoms with Gasteiger partial charge in [-0.2, -0.15) is 0 Å². The summed E-state index contributed by atoms with van der Waals surface area (Å²) in [6.07, 6.45) is 1.57. The van der Waals surface area contributed by atoms with Crippen molar-refractivity contribution < 1.29 is 14.0 Å². The van der Waals surface area contributed by atoms with Crippen molar-refractivity contribution in [2.75, 3.05) is 27.2 Å². The van der Waals surface area contributed by atoms with E-state index in [4.69, 9.17) is 4.42 Å². The molecular formula is C20H27N5O3. The maximum Gasteiger partial charge on any atom is 0.253 e. The molecule has 0 saturated heterocycles. The van der Waals surface area contributed by atoms with E-state index in [1.165, 1.54) is 4.90 Å². The molecule has 0 radical (unpaired) electrons. The van der Waals surface area contributed by atoms with E-state index in [9.17, 15) is 9.59 Å². The van der Waals surface area contributed by atoms with Gasteiger partial charge in [-0.15, -0.1) is 0 Å². The zero-order chi connectivity index (χ0) is 20.4. The van der Waals surface area contributed by atoms with Crippen LogP contribution in [0.25, 0.3) is 0 Å². The molecule has 0 aliphatic heterocycles. The number of furan rings is 1. The Labute approximate surface area is 165 Å². The van der Waals surface area contributed by atoms with Gasteiger partial charge in [-0.1, -0.05) is 12.1 Å². The Morgan fingerprint density at radius 1 is 1.07 bits per heavy atom. The van der Waals surface area contributed by atoms with Crippen LogP contribution >= 0.6 is 0 Å². The predicted molar refractivity (Wildman–Crippen MR) is 108 cm³/mol. The number of hydrogen-bond donors (Lipinski definition) is 3. The largest absolute Gasteiger partial charge is 0.467 e. The van der Waals surface area contributed by atoms with E-state index in [2.05, 4.69) is 20.9 Å². The summed E-state index contributed by atoms with van der Waals surface area (Å²) in [6.45, 7) is 3.51. The third-order valence-corrected chi connectivity index (χ3v) is 3.83. The van der Waals surface area contributed by atoms with E-state index in [-0.39, 0.29) is 18.4 Å². The van der Waals surface area contributed by atoms with Crippen LogP contribution in [-0.4, -0.2) is 49.9 Å². The minimum Gasteiger partial charge on any atom is -0.467 e. The summed E-state index contributed by atoms with van der Waals surface area (Å²) >= 11 is 0. The van der Waals surface area contributed by atoms with Crippen molar-refractivity contribution in [2.24, 2.45) is 4.99 Å². The van der Waals surface area contributed by atoms with Gasteiger partial charge in [0.25, 0.3) is 5.91 Å². The highest BCUT2D eigenvalue weighted by molar-refractivity contribution is 5.93. The molecule has 150 valence electrons. The van der Waals surface area contributed by atoms with Crippen LogP contribution in [0.15, 0.2) is 52.1 Å². The molecule has 1 heterocycles. The zero-order valence-corrected chi connectivity index (χ0v) is 16.5. The Balaban J connectivity index is 1.85. The first-order valence-corrected chi connectivity index (χ1v) is 9.11. The van der Waals surface area contributed by atoms with Gasteiger partial charge in [-0.25, -0.2) is 4.99 Å². The molecule has 0 aliphatic carbocycles. The van der Waals surface area contributed by atoms with Gasteiger partial charge in [0.15, 0.2) is 5.96 Å². The highest BCUT2D eigenvalue weighted by atomic mass is 16.3. The molecule has 1 aromatic carbocycles. The standard InChI is InChI=1S/C20H27N5O3/c1-4-21-20(24-14-18(26)22-13-17-6-5-11-28-17)23-12-15-7-9-16(10-8-15)19(27)25(2)3/h5-11H,4,12-14H2,1-3H3,(H,22,26)(H2,21,23,24). The van der Waals surface area contributed by atoms with Crippen LogP contribution < -0.4 is 16.0 Å². The van der Waals surface area contributed by atoms with Gasteiger partial charge >= 0.3 is 0 Å². The third-order valence-electron chi connectivity index (χ3n) is 3.83. The lowest BCUT2D eigenvalue weighted by atomic mass is 10.1. The molecule has 0 unspecified atom stereocenters. The molecule has 8 heteroatoms. The number of hydrogen-bond acceptors (Lipinski definition) is 4. The molecule has 2 amide bonds. The number of nitrogens with one attached hydrogen (secondary N) is 3. The summed E-state index contributed by atoms with van der Waals surface area (Å²) in [4.78, 5) is 29.9. The Morgan fingerprint density at radius 3 is 2.43 bits per heavy atom. The van der Waals surface area contributed by atoms with Gasteiger partial charge < -0.3 is 25.3 Å². The molecule has 3 N–H and O–H groups in total. The number of benzene rings is 1. The lowest BCUT2D eigenvalue weighted by Crippen LogP contribution is -2.43. The molecule has 28 heavy (non-hydrogen) atoms. The maximum absolute atomic E-state index is 11.9. The zero-order valence-electron chi connectivity index (χ0n) is 16.5. The third kappa shape index (κ3) is 6.79. The van der Waals surface area contributed by atoms with Crippen LogP contribution in [0.5, 0.6) is 0 Å². The monoisotopic (exact) mass is 385 g/mol. The number of carbonyl (C=O) groups is 2. The van der Waals surface area contributed by atoms with Crippen LogP contribution in [0.1, 0.15) is 28.6 Å². The van der Waals surface area contributed by atoms with Crippen LogP contribution in [0, 0.1) is 0 Å². The van der Waals surface area contributed by atoms with E-state index in [0.717, 1.165) is 5.56 Å². The van der Waals surface area contributed by atoms with Crippen molar-refractivity contribution in [3.8, 4) is 0 Å². The van der Waals surface area contributed by atoms with Gasteiger partial charge in [0.05, 0.1) is 25.9 Å². The Hall–Kier alpha value is -3.29. The number of nitrogens with zero attached hydrogens (tertiary/aromatic N) is 2.